The Labute approximate surface area is 184 Å². The first-order valence-corrected chi connectivity index (χ1v) is 9.85. The predicted octanol–water partition coefficient (Wildman–Crippen LogP) is 2.28. The summed E-state index contributed by atoms with van der Waals surface area (Å²) in [5.74, 6) is -3.42. The molecular formula is C20H16BrN3O7. The van der Waals surface area contributed by atoms with Gasteiger partial charge in [0.25, 0.3) is 11.6 Å². The van der Waals surface area contributed by atoms with Crippen LogP contribution >= 0.6 is 15.9 Å². The van der Waals surface area contributed by atoms with Gasteiger partial charge in [-0.05, 0) is 18.2 Å². The lowest BCUT2D eigenvalue weighted by Gasteiger charge is -2.17. The monoisotopic (exact) mass is 489 g/mol. The van der Waals surface area contributed by atoms with Crippen molar-refractivity contribution in [3.8, 4) is 0 Å². The minimum atomic E-state index is -0.878. The van der Waals surface area contributed by atoms with Gasteiger partial charge in [0.2, 0.25) is 5.91 Å². The fourth-order valence-corrected chi connectivity index (χ4v) is 3.22. The molecule has 1 saturated heterocycles. The lowest BCUT2D eigenvalue weighted by Crippen LogP contribution is -2.43. The van der Waals surface area contributed by atoms with Crippen LogP contribution in [-0.2, 0) is 14.3 Å². The van der Waals surface area contributed by atoms with E-state index in [9.17, 15) is 29.3 Å². The molecule has 31 heavy (non-hydrogen) atoms. The van der Waals surface area contributed by atoms with E-state index in [1.54, 1.807) is 24.3 Å². The molecular weight excluding hydrogens is 474 g/mol. The molecule has 1 heterocycles. The Morgan fingerprint density at radius 2 is 1.84 bits per heavy atom. The number of rotatable bonds is 7. The second-order valence-electron chi connectivity index (χ2n) is 6.66. The molecule has 0 aromatic heterocycles. The van der Waals surface area contributed by atoms with Crippen molar-refractivity contribution >= 4 is 45.2 Å². The Kier molecular flexibility index (Phi) is 6.75. The van der Waals surface area contributed by atoms with Gasteiger partial charge in [-0.25, -0.2) is 0 Å². The number of Topliss-reactive ketones (excluding diaryl/α,β-unsaturated/α-hetero) is 1. The summed E-state index contributed by atoms with van der Waals surface area (Å²) in [6.45, 7) is -0.649. The smallest absolute Gasteiger partial charge is 0.311 e. The minimum Gasteiger partial charge on any atom is -0.457 e. The van der Waals surface area contributed by atoms with Crippen LogP contribution in [0.15, 0.2) is 53.0 Å². The second kappa shape index (κ2) is 9.47. The third-order valence-electron chi connectivity index (χ3n) is 4.55. The van der Waals surface area contributed by atoms with Crippen LogP contribution in [0.4, 0.5) is 5.69 Å². The molecule has 0 spiro atoms. The first-order chi connectivity index (χ1) is 14.8. The van der Waals surface area contributed by atoms with Gasteiger partial charge in [-0.3, -0.25) is 39.7 Å². The minimum absolute atomic E-state index is 0.170. The van der Waals surface area contributed by atoms with Crippen LogP contribution in [0, 0.1) is 16.0 Å². The van der Waals surface area contributed by atoms with Gasteiger partial charge in [-0.2, -0.15) is 0 Å². The van der Waals surface area contributed by atoms with Gasteiger partial charge in [0, 0.05) is 22.5 Å². The number of halogens is 1. The molecule has 0 unspecified atom stereocenters. The van der Waals surface area contributed by atoms with Gasteiger partial charge < -0.3 is 4.74 Å². The van der Waals surface area contributed by atoms with Gasteiger partial charge >= 0.3 is 5.97 Å². The molecule has 0 saturated carbocycles. The van der Waals surface area contributed by atoms with Crippen molar-refractivity contribution in [1.82, 2.24) is 10.4 Å². The van der Waals surface area contributed by atoms with E-state index in [0.29, 0.717) is 5.56 Å². The number of esters is 1. The number of benzene rings is 2. The van der Waals surface area contributed by atoms with Crippen molar-refractivity contribution in [1.29, 1.82) is 0 Å². The largest absolute Gasteiger partial charge is 0.457 e. The maximum absolute atomic E-state index is 12.4. The van der Waals surface area contributed by atoms with Gasteiger partial charge in [0.1, 0.15) is 5.56 Å². The number of hydrogen-bond donors (Lipinski definition) is 1. The van der Waals surface area contributed by atoms with Gasteiger partial charge in [0.05, 0.1) is 17.4 Å². The molecule has 0 aliphatic carbocycles. The number of ketones is 1. The van der Waals surface area contributed by atoms with Crippen molar-refractivity contribution in [3.63, 3.8) is 0 Å². The molecule has 2 amide bonds. The Bertz CT molecular complexity index is 1050. The highest BCUT2D eigenvalue weighted by atomic mass is 79.9. The van der Waals surface area contributed by atoms with Gasteiger partial charge in [0.15, 0.2) is 12.4 Å². The van der Waals surface area contributed by atoms with E-state index < -0.39 is 46.7 Å². The fraction of sp³-hybridized carbons (Fsp3) is 0.200. The highest BCUT2D eigenvalue weighted by molar-refractivity contribution is 9.10. The first kappa shape index (κ1) is 22.1. The van der Waals surface area contributed by atoms with E-state index in [-0.39, 0.29) is 18.5 Å². The topological polar surface area (TPSA) is 136 Å². The summed E-state index contributed by atoms with van der Waals surface area (Å²) in [4.78, 5) is 59.3. The number of carbonyl (C=O) groups is 4. The van der Waals surface area contributed by atoms with Crippen LogP contribution in [0.2, 0.25) is 0 Å². The van der Waals surface area contributed by atoms with E-state index in [4.69, 9.17) is 4.74 Å². The van der Waals surface area contributed by atoms with Crippen LogP contribution < -0.4 is 5.43 Å². The van der Waals surface area contributed by atoms with Crippen molar-refractivity contribution in [2.75, 3.05) is 13.2 Å². The standard InChI is InChI=1S/C20H16BrN3O7/c21-14-7-5-12(6-8-14)17(25)11-31-20(28)13-9-18(26)23(10-13)22-19(27)15-3-1-2-4-16(15)24(29)30/h1-8,13H,9-11H2,(H,22,27)/t13-/m0/s1. The zero-order valence-corrected chi connectivity index (χ0v) is 17.5. The molecule has 2 aromatic rings. The number of nitro groups is 1. The number of nitro benzene ring substituents is 1. The molecule has 1 aliphatic rings. The summed E-state index contributed by atoms with van der Waals surface area (Å²) in [5, 5.41) is 12.0. The number of nitrogens with one attached hydrogen (secondary N) is 1. The van der Waals surface area contributed by atoms with Gasteiger partial charge in [-0.1, -0.05) is 40.2 Å². The number of ether oxygens (including phenoxy) is 1. The summed E-state index contributed by atoms with van der Waals surface area (Å²) >= 11 is 3.26. The van der Waals surface area contributed by atoms with Gasteiger partial charge in [-0.15, -0.1) is 0 Å². The number of hydrazine groups is 1. The maximum atomic E-state index is 12.4. The van der Waals surface area contributed by atoms with Crippen LogP contribution in [0.25, 0.3) is 0 Å². The fourth-order valence-electron chi connectivity index (χ4n) is 2.95. The third kappa shape index (κ3) is 5.31. The van der Waals surface area contributed by atoms with Crippen LogP contribution in [0.1, 0.15) is 27.1 Å². The Balaban J connectivity index is 1.56. The van der Waals surface area contributed by atoms with E-state index >= 15 is 0 Å². The molecule has 1 fully saturated rings. The summed E-state index contributed by atoms with van der Waals surface area (Å²) in [7, 11) is 0. The lowest BCUT2D eigenvalue weighted by molar-refractivity contribution is -0.385. The number of carbonyl (C=O) groups excluding carboxylic acids is 4. The molecule has 2 aromatic carbocycles. The highest BCUT2D eigenvalue weighted by Crippen LogP contribution is 2.21. The molecule has 0 radical (unpaired) electrons. The van der Waals surface area contributed by atoms with Crippen LogP contribution in [0.5, 0.6) is 0 Å². The summed E-state index contributed by atoms with van der Waals surface area (Å²) in [5.41, 5.74) is 2.03. The first-order valence-electron chi connectivity index (χ1n) is 9.06. The molecule has 10 nitrogen and oxygen atoms in total. The second-order valence-corrected chi connectivity index (χ2v) is 7.57. The predicted molar refractivity (Wildman–Crippen MR) is 110 cm³/mol. The SMILES string of the molecule is O=C(COC(=O)[C@H]1CC(=O)N(NC(=O)c2ccccc2[N+](=O)[O-])C1)c1ccc(Br)cc1. The average molecular weight is 490 g/mol. The van der Waals surface area contributed by atoms with E-state index in [2.05, 4.69) is 21.4 Å². The number of amides is 2. The molecule has 1 atom stereocenters. The molecule has 0 bridgehead atoms. The van der Waals surface area contributed by atoms with Crippen molar-refractivity contribution in [3.05, 3.63) is 74.2 Å². The summed E-state index contributed by atoms with van der Waals surface area (Å²) in [6.07, 6.45) is -0.220. The molecule has 11 heteroatoms. The van der Waals surface area contributed by atoms with Crippen LogP contribution in [0.3, 0.4) is 0 Å². The van der Waals surface area contributed by atoms with E-state index in [0.717, 1.165) is 9.48 Å². The van der Waals surface area contributed by atoms with E-state index in [1.807, 2.05) is 0 Å². The van der Waals surface area contributed by atoms with E-state index in [1.165, 1.54) is 24.3 Å². The lowest BCUT2D eigenvalue weighted by atomic mass is 10.1. The molecule has 1 aliphatic heterocycles. The normalized spacial score (nSPS) is 15.5. The maximum Gasteiger partial charge on any atom is 0.311 e. The van der Waals surface area contributed by atoms with Crippen LogP contribution in [-0.4, -0.2) is 46.7 Å². The molecule has 1 N–H and O–H groups in total. The summed E-state index contributed by atoms with van der Waals surface area (Å²) < 4.78 is 5.83. The zero-order chi connectivity index (χ0) is 22.5. The number of para-hydroxylation sites is 1. The Morgan fingerprint density at radius 1 is 1.16 bits per heavy atom. The Morgan fingerprint density at radius 3 is 2.52 bits per heavy atom. The van der Waals surface area contributed by atoms with Crippen molar-refractivity contribution < 1.29 is 28.8 Å². The number of nitrogens with zero attached hydrogens (tertiary/aromatic N) is 2. The molecule has 160 valence electrons. The average Bonchev–Trinajstić information content (AvgIpc) is 3.12. The summed E-state index contributed by atoms with van der Waals surface area (Å²) in [6, 6.07) is 11.8. The number of hydrogen-bond acceptors (Lipinski definition) is 7. The van der Waals surface area contributed by atoms with Crippen molar-refractivity contribution in [2.45, 2.75) is 6.42 Å². The zero-order valence-electron chi connectivity index (χ0n) is 15.9. The molecule has 3 rings (SSSR count). The third-order valence-corrected chi connectivity index (χ3v) is 5.08. The van der Waals surface area contributed by atoms with Crippen molar-refractivity contribution in [2.24, 2.45) is 5.92 Å². The highest BCUT2D eigenvalue weighted by Gasteiger charge is 2.37. The Hall–Kier alpha value is -3.60. The quantitative estimate of drug-likeness (QED) is 0.272.